The van der Waals surface area contributed by atoms with Crippen LogP contribution in [0.5, 0.6) is 0 Å². The van der Waals surface area contributed by atoms with Gasteiger partial charge < -0.3 is 10.2 Å². The van der Waals surface area contributed by atoms with Gasteiger partial charge in [-0.1, -0.05) is 0 Å². The first-order valence-electron chi connectivity index (χ1n) is 7.94. The highest BCUT2D eigenvalue weighted by atomic mass is 16.2. The number of amides is 1. The van der Waals surface area contributed by atoms with Gasteiger partial charge in [0.25, 0.3) is 5.91 Å². The molecular formula is C16H24N4O. The highest BCUT2D eigenvalue weighted by molar-refractivity contribution is 5.93. The van der Waals surface area contributed by atoms with Crippen LogP contribution in [0, 0.1) is 0 Å². The number of fused-ring (bicyclic) bond motifs is 1. The Hall–Kier alpha value is -1.62. The molecule has 0 aliphatic carbocycles. The quantitative estimate of drug-likeness (QED) is 0.922. The van der Waals surface area contributed by atoms with Gasteiger partial charge in [0.1, 0.15) is 5.69 Å². The minimum absolute atomic E-state index is 0.0637. The monoisotopic (exact) mass is 288 g/mol. The highest BCUT2D eigenvalue weighted by Gasteiger charge is 2.37. The zero-order chi connectivity index (χ0) is 14.8. The summed E-state index contributed by atoms with van der Waals surface area (Å²) in [6, 6.07) is 4.57. The van der Waals surface area contributed by atoms with E-state index in [1.54, 1.807) is 6.20 Å². The van der Waals surface area contributed by atoms with E-state index in [1.807, 2.05) is 24.0 Å². The Morgan fingerprint density at radius 1 is 1.48 bits per heavy atom. The zero-order valence-corrected chi connectivity index (χ0v) is 12.9. The third kappa shape index (κ3) is 2.88. The predicted octanol–water partition coefficient (Wildman–Crippen LogP) is 1.82. The number of rotatable bonds is 3. The van der Waals surface area contributed by atoms with Crippen LogP contribution in [0.3, 0.4) is 0 Å². The first kappa shape index (κ1) is 14.3. The zero-order valence-electron chi connectivity index (χ0n) is 12.9. The summed E-state index contributed by atoms with van der Waals surface area (Å²) in [5, 5.41) is 3.23. The molecule has 0 bridgehead atoms. The molecule has 3 rings (SSSR count). The number of piperazine rings is 1. The molecule has 2 aliphatic rings. The Bertz CT molecular complexity index is 519. The minimum atomic E-state index is 0.0637. The predicted molar refractivity (Wildman–Crippen MR) is 83.5 cm³/mol. The van der Waals surface area contributed by atoms with Crippen molar-refractivity contribution < 1.29 is 4.79 Å². The first-order chi connectivity index (χ1) is 10.2. The number of anilines is 1. The van der Waals surface area contributed by atoms with Gasteiger partial charge in [0.05, 0.1) is 0 Å². The fraction of sp³-hybridized carbons (Fsp3) is 0.625. The minimum Gasteiger partial charge on any atom is -0.385 e. The molecule has 2 aliphatic heterocycles. The van der Waals surface area contributed by atoms with E-state index in [0.29, 0.717) is 11.7 Å². The number of hydrogen-bond donors (Lipinski definition) is 1. The molecule has 2 saturated heterocycles. The fourth-order valence-corrected chi connectivity index (χ4v) is 3.48. The topological polar surface area (TPSA) is 48.5 Å². The van der Waals surface area contributed by atoms with Gasteiger partial charge in [0.15, 0.2) is 0 Å². The summed E-state index contributed by atoms with van der Waals surface area (Å²) in [6.07, 6.45) is 4.18. The van der Waals surface area contributed by atoms with Crippen molar-refractivity contribution in [2.24, 2.45) is 0 Å². The molecule has 3 heterocycles. The van der Waals surface area contributed by atoms with Crippen molar-refractivity contribution in [3.63, 3.8) is 0 Å². The maximum atomic E-state index is 12.8. The SMILES string of the molecule is CCNc1ccnc(C(=O)N2CC3CCCN3CC2C)c1. The van der Waals surface area contributed by atoms with E-state index < -0.39 is 0 Å². The van der Waals surface area contributed by atoms with Crippen LogP contribution >= 0.6 is 0 Å². The van der Waals surface area contributed by atoms with Crippen molar-refractivity contribution in [1.82, 2.24) is 14.8 Å². The molecule has 0 saturated carbocycles. The number of aromatic nitrogens is 1. The summed E-state index contributed by atoms with van der Waals surface area (Å²) in [4.78, 5) is 21.6. The van der Waals surface area contributed by atoms with E-state index in [0.717, 1.165) is 25.3 Å². The van der Waals surface area contributed by atoms with Crippen LogP contribution in [0.1, 0.15) is 37.2 Å². The molecule has 114 valence electrons. The Balaban J connectivity index is 1.76. The second-order valence-electron chi connectivity index (χ2n) is 6.06. The summed E-state index contributed by atoms with van der Waals surface area (Å²) >= 11 is 0. The van der Waals surface area contributed by atoms with Crippen LogP contribution < -0.4 is 5.32 Å². The maximum Gasteiger partial charge on any atom is 0.272 e. The van der Waals surface area contributed by atoms with E-state index >= 15 is 0 Å². The number of carbonyl (C=O) groups is 1. The van der Waals surface area contributed by atoms with Crippen molar-refractivity contribution >= 4 is 11.6 Å². The number of nitrogens with zero attached hydrogens (tertiary/aromatic N) is 3. The van der Waals surface area contributed by atoms with Gasteiger partial charge in [-0.3, -0.25) is 14.7 Å². The van der Waals surface area contributed by atoms with Crippen molar-refractivity contribution in [3.05, 3.63) is 24.0 Å². The van der Waals surface area contributed by atoms with Crippen molar-refractivity contribution in [1.29, 1.82) is 0 Å². The van der Waals surface area contributed by atoms with Crippen LogP contribution in [0.4, 0.5) is 5.69 Å². The smallest absolute Gasteiger partial charge is 0.272 e. The first-order valence-corrected chi connectivity index (χ1v) is 7.94. The molecule has 1 aromatic rings. The van der Waals surface area contributed by atoms with Gasteiger partial charge in [-0.25, -0.2) is 0 Å². The lowest BCUT2D eigenvalue weighted by Crippen LogP contribution is -2.56. The van der Waals surface area contributed by atoms with Crippen LogP contribution in [0.25, 0.3) is 0 Å². The number of carbonyl (C=O) groups excluding carboxylic acids is 1. The molecule has 0 aromatic carbocycles. The maximum absolute atomic E-state index is 12.8. The lowest BCUT2D eigenvalue weighted by atomic mass is 10.1. The molecule has 5 heteroatoms. The number of nitrogens with one attached hydrogen (secondary N) is 1. The van der Waals surface area contributed by atoms with E-state index in [-0.39, 0.29) is 11.9 Å². The Morgan fingerprint density at radius 2 is 2.33 bits per heavy atom. The second kappa shape index (κ2) is 6.02. The average molecular weight is 288 g/mol. The van der Waals surface area contributed by atoms with Gasteiger partial charge >= 0.3 is 0 Å². The lowest BCUT2D eigenvalue weighted by Gasteiger charge is -2.42. The molecule has 2 fully saturated rings. The molecule has 5 nitrogen and oxygen atoms in total. The Morgan fingerprint density at radius 3 is 3.14 bits per heavy atom. The van der Waals surface area contributed by atoms with Gasteiger partial charge in [-0.05, 0) is 45.4 Å². The summed E-state index contributed by atoms with van der Waals surface area (Å²) < 4.78 is 0. The second-order valence-corrected chi connectivity index (χ2v) is 6.06. The van der Waals surface area contributed by atoms with Crippen molar-refractivity contribution in [3.8, 4) is 0 Å². The molecule has 21 heavy (non-hydrogen) atoms. The average Bonchev–Trinajstić information content (AvgIpc) is 2.93. The fourth-order valence-electron chi connectivity index (χ4n) is 3.48. The standard InChI is InChI=1S/C16H24N4O/c1-3-17-13-6-7-18-15(9-13)16(21)20-11-14-5-4-8-19(14)10-12(20)2/h6-7,9,12,14H,3-5,8,10-11H2,1-2H3,(H,17,18). The summed E-state index contributed by atoms with van der Waals surface area (Å²) in [5.41, 5.74) is 1.51. The van der Waals surface area contributed by atoms with Crippen LogP contribution in [0.15, 0.2) is 18.3 Å². The van der Waals surface area contributed by atoms with E-state index in [4.69, 9.17) is 0 Å². The highest BCUT2D eigenvalue weighted by Crippen LogP contribution is 2.25. The van der Waals surface area contributed by atoms with Crippen molar-refractivity contribution in [2.75, 3.05) is 31.5 Å². The number of pyridine rings is 1. The number of hydrogen-bond acceptors (Lipinski definition) is 4. The molecule has 0 radical (unpaired) electrons. The van der Waals surface area contributed by atoms with E-state index in [1.165, 1.54) is 19.4 Å². The van der Waals surface area contributed by atoms with Crippen LogP contribution in [0.2, 0.25) is 0 Å². The Kier molecular flexibility index (Phi) is 4.10. The van der Waals surface area contributed by atoms with E-state index in [2.05, 4.69) is 22.1 Å². The van der Waals surface area contributed by atoms with Crippen LogP contribution in [-0.2, 0) is 0 Å². The van der Waals surface area contributed by atoms with Gasteiger partial charge in [-0.15, -0.1) is 0 Å². The summed E-state index contributed by atoms with van der Waals surface area (Å²) in [7, 11) is 0. The van der Waals surface area contributed by atoms with Gasteiger partial charge in [0, 0.05) is 43.6 Å². The third-order valence-electron chi connectivity index (χ3n) is 4.56. The molecule has 1 N–H and O–H groups in total. The summed E-state index contributed by atoms with van der Waals surface area (Å²) in [5.74, 6) is 0.0637. The Labute approximate surface area is 126 Å². The normalized spacial score (nSPS) is 25.7. The van der Waals surface area contributed by atoms with E-state index in [9.17, 15) is 4.79 Å². The third-order valence-corrected chi connectivity index (χ3v) is 4.56. The van der Waals surface area contributed by atoms with Gasteiger partial charge in [0.2, 0.25) is 0 Å². The largest absolute Gasteiger partial charge is 0.385 e. The molecular weight excluding hydrogens is 264 g/mol. The van der Waals surface area contributed by atoms with Crippen molar-refractivity contribution in [2.45, 2.75) is 38.8 Å². The summed E-state index contributed by atoms with van der Waals surface area (Å²) in [6.45, 7) is 8.04. The molecule has 2 atom stereocenters. The van der Waals surface area contributed by atoms with Gasteiger partial charge in [-0.2, -0.15) is 0 Å². The van der Waals surface area contributed by atoms with Crippen LogP contribution in [-0.4, -0.2) is 59.0 Å². The molecule has 1 amide bonds. The molecule has 0 spiro atoms. The molecule has 2 unspecified atom stereocenters. The molecule has 1 aromatic heterocycles. The lowest BCUT2D eigenvalue weighted by molar-refractivity contribution is 0.0390.